The van der Waals surface area contributed by atoms with Crippen molar-refractivity contribution in [2.24, 2.45) is 0 Å². The normalized spacial score (nSPS) is 11.5. The van der Waals surface area contributed by atoms with Crippen LogP contribution in [0.15, 0.2) is 51.1 Å². The van der Waals surface area contributed by atoms with Gasteiger partial charge >= 0.3 is 0 Å². The number of halogens is 1. The molecule has 2 aromatic heterocycles. The van der Waals surface area contributed by atoms with Gasteiger partial charge in [0.25, 0.3) is 0 Å². The number of oxazole rings is 1. The Morgan fingerprint density at radius 2 is 2.07 bits per heavy atom. The highest BCUT2D eigenvalue weighted by molar-refractivity contribution is 7.89. The minimum Gasteiger partial charge on any atom is -0.440 e. The number of nitrogens with one attached hydrogen (secondary N) is 2. The molecule has 3 aromatic rings. The molecule has 0 unspecified atom stereocenters. The Morgan fingerprint density at radius 3 is 2.79 bits per heavy atom. The number of amides is 1. The number of carbonyl (C=O) groups excluding carboxylic acids is 1. The Labute approximate surface area is 171 Å². The molecule has 0 atom stereocenters. The summed E-state index contributed by atoms with van der Waals surface area (Å²) in [6, 6.07) is 9.76. The minimum absolute atomic E-state index is 0.0544. The van der Waals surface area contributed by atoms with E-state index in [1.807, 2.05) is 17.5 Å². The number of hydrogen-bond acceptors (Lipinski definition) is 6. The van der Waals surface area contributed by atoms with Crippen molar-refractivity contribution >= 4 is 38.9 Å². The second-order valence-electron chi connectivity index (χ2n) is 5.88. The SMILES string of the molecule is Cc1oc(-c2cccs2)nc1CC(=O)NCCNS(=O)(=O)c1cccc(Cl)c1. The zero-order valence-electron chi connectivity index (χ0n) is 14.9. The van der Waals surface area contributed by atoms with Crippen molar-refractivity contribution in [1.29, 1.82) is 0 Å². The van der Waals surface area contributed by atoms with E-state index in [1.165, 1.54) is 23.5 Å². The molecule has 0 radical (unpaired) electrons. The second-order valence-corrected chi connectivity index (χ2v) is 9.03. The molecule has 148 valence electrons. The van der Waals surface area contributed by atoms with Gasteiger partial charge in [0.05, 0.1) is 21.9 Å². The van der Waals surface area contributed by atoms with E-state index in [4.69, 9.17) is 16.0 Å². The van der Waals surface area contributed by atoms with Crippen molar-refractivity contribution in [2.75, 3.05) is 13.1 Å². The van der Waals surface area contributed by atoms with Crippen molar-refractivity contribution < 1.29 is 17.6 Å². The molecule has 0 bridgehead atoms. The van der Waals surface area contributed by atoms with Crippen LogP contribution in [0.1, 0.15) is 11.5 Å². The third kappa shape index (κ3) is 5.20. The number of rotatable bonds is 8. The summed E-state index contributed by atoms with van der Waals surface area (Å²) in [6.45, 7) is 1.96. The van der Waals surface area contributed by atoms with E-state index in [2.05, 4.69) is 15.0 Å². The first-order valence-electron chi connectivity index (χ1n) is 8.37. The molecule has 0 aliphatic rings. The fourth-order valence-electron chi connectivity index (χ4n) is 2.42. The maximum atomic E-state index is 12.2. The highest BCUT2D eigenvalue weighted by atomic mass is 35.5. The third-order valence-corrected chi connectivity index (χ3v) is 6.35. The second kappa shape index (κ2) is 8.87. The van der Waals surface area contributed by atoms with Gasteiger partial charge in [-0.25, -0.2) is 18.1 Å². The lowest BCUT2D eigenvalue weighted by atomic mass is 10.2. The van der Waals surface area contributed by atoms with E-state index in [-0.39, 0.29) is 30.3 Å². The summed E-state index contributed by atoms with van der Waals surface area (Å²) in [4.78, 5) is 17.4. The first-order chi connectivity index (χ1) is 13.3. The molecule has 2 N–H and O–H groups in total. The predicted octanol–water partition coefficient (Wildman–Crippen LogP) is 3.00. The number of aryl methyl sites for hydroxylation is 1. The molecule has 2 heterocycles. The van der Waals surface area contributed by atoms with E-state index < -0.39 is 10.0 Å². The van der Waals surface area contributed by atoms with Crippen LogP contribution in [0.25, 0.3) is 10.8 Å². The average Bonchev–Trinajstić information content (AvgIpc) is 3.29. The first-order valence-corrected chi connectivity index (χ1v) is 11.1. The van der Waals surface area contributed by atoms with E-state index >= 15 is 0 Å². The van der Waals surface area contributed by atoms with Gasteiger partial charge in [0.1, 0.15) is 5.76 Å². The molecule has 0 aliphatic carbocycles. The van der Waals surface area contributed by atoms with E-state index in [9.17, 15) is 13.2 Å². The molecule has 1 amide bonds. The molecule has 10 heteroatoms. The predicted molar refractivity (Wildman–Crippen MR) is 108 cm³/mol. The van der Waals surface area contributed by atoms with E-state index in [0.717, 1.165) is 4.88 Å². The summed E-state index contributed by atoms with van der Waals surface area (Å²) in [5.41, 5.74) is 0.556. The molecule has 0 spiro atoms. The van der Waals surface area contributed by atoms with Crippen LogP contribution in [0.3, 0.4) is 0 Å². The number of aromatic nitrogens is 1. The van der Waals surface area contributed by atoms with Crippen molar-refractivity contribution in [3.05, 3.63) is 58.3 Å². The summed E-state index contributed by atoms with van der Waals surface area (Å²) >= 11 is 7.32. The molecular weight excluding hydrogens is 422 g/mol. The standard InChI is InChI=1S/C18H18ClN3O4S2/c1-12-15(22-18(26-12)16-6-3-9-27-16)11-17(23)20-7-8-21-28(24,25)14-5-2-4-13(19)10-14/h2-6,9-10,21H,7-8,11H2,1H3,(H,20,23). The lowest BCUT2D eigenvalue weighted by Gasteiger charge is -2.08. The zero-order valence-corrected chi connectivity index (χ0v) is 17.3. The fraction of sp³-hybridized carbons (Fsp3) is 0.222. The highest BCUT2D eigenvalue weighted by Gasteiger charge is 2.16. The molecular formula is C18H18ClN3O4S2. The Hall–Kier alpha value is -2.20. The minimum atomic E-state index is -3.68. The van der Waals surface area contributed by atoms with Gasteiger partial charge in [0, 0.05) is 18.1 Å². The van der Waals surface area contributed by atoms with Crippen molar-refractivity contribution in [3.8, 4) is 10.8 Å². The number of nitrogens with zero attached hydrogens (tertiary/aromatic N) is 1. The summed E-state index contributed by atoms with van der Waals surface area (Å²) in [5.74, 6) is 0.806. The number of benzene rings is 1. The number of hydrogen-bond donors (Lipinski definition) is 2. The molecule has 1 aromatic carbocycles. The quantitative estimate of drug-likeness (QED) is 0.525. The monoisotopic (exact) mass is 439 g/mol. The van der Waals surface area contributed by atoms with Gasteiger partial charge in [-0.05, 0) is 36.6 Å². The number of sulfonamides is 1. The van der Waals surface area contributed by atoms with E-state index in [1.54, 1.807) is 19.1 Å². The van der Waals surface area contributed by atoms with Gasteiger partial charge in [-0.15, -0.1) is 11.3 Å². The molecule has 0 aliphatic heterocycles. The van der Waals surface area contributed by atoms with Gasteiger partial charge in [0.15, 0.2) is 0 Å². The lowest BCUT2D eigenvalue weighted by Crippen LogP contribution is -2.35. The van der Waals surface area contributed by atoms with Crippen LogP contribution >= 0.6 is 22.9 Å². The Bertz CT molecular complexity index is 1060. The molecule has 0 fully saturated rings. The van der Waals surface area contributed by atoms with Gasteiger partial charge in [-0.1, -0.05) is 23.7 Å². The van der Waals surface area contributed by atoms with Crippen LogP contribution < -0.4 is 10.0 Å². The smallest absolute Gasteiger partial charge is 0.240 e. The molecule has 7 nitrogen and oxygen atoms in total. The fourth-order valence-corrected chi connectivity index (χ4v) is 4.40. The molecule has 0 saturated heterocycles. The summed E-state index contributed by atoms with van der Waals surface area (Å²) in [6.07, 6.45) is 0.0573. The Kier molecular flexibility index (Phi) is 6.50. The topological polar surface area (TPSA) is 101 Å². The van der Waals surface area contributed by atoms with Crippen LogP contribution in [-0.4, -0.2) is 32.4 Å². The summed E-state index contributed by atoms with van der Waals surface area (Å²) in [5, 5.41) is 4.92. The summed E-state index contributed by atoms with van der Waals surface area (Å²) in [7, 11) is -3.68. The van der Waals surface area contributed by atoms with Crippen molar-refractivity contribution in [3.63, 3.8) is 0 Å². The Morgan fingerprint density at radius 1 is 1.25 bits per heavy atom. The maximum absolute atomic E-state index is 12.2. The number of thiophene rings is 1. The van der Waals surface area contributed by atoms with Gasteiger partial charge in [-0.3, -0.25) is 4.79 Å². The van der Waals surface area contributed by atoms with Gasteiger partial charge in [-0.2, -0.15) is 0 Å². The van der Waals surface area contributed by atoms with Gasteiger partial charge < -0.3 is 9.73 Å². The van der Waals surface area contributed by atoms with E-state index in [0.29, 0.717) is 22.4 Å². The highest BCUT2D eigenvalue weighted by Crippen LogP contribution is 2.26. The lowest BCUT2D eigenvalue weighted by molar-refractivity contribution is -0.120. The third-order valence-electron chi connectivity index (χ3n) is 3.80. The average molecular weight is 440 g/mol. The maximum Gasteiger partial charge on any atom is 0.240 e. The molecule has 28 heavy (non-hydrogen) atoms. The van der Waals surface area contributed by atoms with Crippen molar-refractivity contribution in [2.45, 2.75) is 18.2 Å². The Balaban J connectivity index is 1.49. The van der Waals surface area contributed by atoms with Gasteiger partial charge in [0.2, 0.25) is 21.8 Å². The van der Waals surface area contributed by atoms with Crippen LogP contribution in [0.4, 0.5) is 0 Å². The molecule has 3 rings (SSSR count). The first kappa shape index (κ1) is 20.5. The molecule has 0 saturated carbocycles. The van der Waals surface area contributed by atoms with Crippen LogP contribution in [0, 0.1) is 6.92 Å². The van der Waals surface area contributed by atoms with Crippen molar-refractivity contribution in [1.82, 2.24) is 15.0 Å². The largest absolute Gasteiger partial charge is 0.440 e. The summed E-state index contributed by atoms with van der Waals surface area (Å²) < 4.78 is 32.4. The van der Waals surface area contributed by atoms with Crippen LogP contribution in [-0.2, 0) is 21.2 Å². The number of carbonyl (C=O) groups is 1. The van der Waals surface area contributed by atoms with Crippen LogP contribution in [0.5, 0.6) is 0 Å². The van der Waals surface area contributed by atoms with Crippen LogP contribution in [0.2, 0.25) is 5.02 Å². The zero-order chi connectivity index (χ0) is 20.1.